The van der Waals surface area contributed by atoms with Crippen LogP contribution >= 0.6 is 0 Å². The largest absolute Gasteiger partial charge is 0.507 e. The molecule has 1 atom stereocenters. The summed E-state index contributed by atoms with van der Waals surface area (Å²) >= 11 is 0. The molecule has 0 bridgehead atoms. The van der Waals surface area contributed by atoms with Crippen LogP contribution in [0, 0.1) is 0 Å². The van der Waals surface area contributed by atoms with E-state index in [4.69, 9.17) is 4.74 Å². The number of phenols is 2. The van der Waals surface area contributed by atoms with Gasteiger partial charge in [0.25, 0.3) is 0 Å². The first kappa shape index (κ1) is 22.9. The van der Waals surface area contributed by atoms with Crippen LogP contribution in [0.3, 0.4) is 0 Å². The summed E-state index contributed by atoms with van der Waals surface area (Å²) in [4.78, 5) is 12.6. The highest BCUT2D eigenvalue weighted by molar-refractivity contribution is 6.09. The van der Waals surface area contributed by atoms with Crippen molar-refractivity contribution in [1.29, 1.82) is 0 Å². The van der Waals surface area contributed by atoms with Crippen LogP contribution in [0.1, 0.15) is 68.4 Å². The first-order valence-electron chi connectivity index (χ1n) is 10.7. The molecule has 2 aromatic carbocycles. The number of fused-ring (bicyclic) bond motifs is 2. The Kier molecular flexibility index (Phi) is 6.46. The van der Waals surface area contributed by atoms with Crippen molar-refractivity contribution >= 4 is 16.6 Å². The number of carbonyl (C=O) groups is 1. The fourth-order valence-corrected chi connectivity index (χ4v) is 4.31. The maximum atomic E-state index is 12.6. The molecule has 5 nitrogen and oxygen atoms in total. The Bertz CT molecular complexity index is 1090. The van der Waals surface area contributed by atoms with Crippen LogP contribution in [0.4, 0.5) is 0 Å². The van der Waals surface area contributed by atoms with Crippen LogP contribution in [-0.4, -0.2) is 33.8 Å². The van der Waals surface area contributed by atoms with Crippen LogP contribution in [0.25, 0.3) is 10.8 Å². The van der Waals surface area contributed by atoms with Gasteiger partial charge >= 0.3 is 0 Å². The molecule has 1 aliphatic carbocycles. The van der Waals surface area contributed by atoms with E-state index in [1.54, 1.807) is 26.2 Å². The van der Waals surface area contributed by atoms with Gasteiger partial charge in [0, 0.05) is 18.4 Å². The lowest BCUT2D eigenvalue weighted by molar-refractivity contribution is 0.0409. The minimum Gasteiger partial charge on any atom is -0.507 e. The van der Waals surface area contributed by atoms with Gasteiger partial charge in [0.1, 0.15) is 17.2 Å². The molecule has 3 N–H and O–H groups in total. The summed E-state index contributed by atoms with van der Waals surface area (Å²) in [5, 5.41) is 33.2. The van der Waals surface area contributed by atoms with Gasteiger partial charge in [-0.15, -0.1) is 0 Å². The third kappa shape index (κ3) is 4.77. The third-order valence-corrected chi connectivity index (χ3v) is 5.88. The number of ether oxygens (including phenoxy) is 1. The number of hydrogen-bond donors (Lipinski definition) is 3. The van der Waals surface area contributed by atoms with Crippen LogP contribution < -0.4 is 4.74 Å². The molecule has 166 valence electrons. The van der Waals surface area contributed by atoms with Gasteiger partial charge in [0.15, 0.2) is 5.78 Å². The van der Waals surface area contributed by atoms with E-state index >= 15 is 0 Å². The topological polar surface area (TPSA) is 87.0 Å². The van der Waals surface area contributed by atoms with Crippen molar-refractivity contribution in [1.82, 2.24) is 0 Å². The molecule has 0 radical (unpaired) electrons. The number of phenolic OH excluding ortho intramolecular Hbond substituents is 2. The smallest absolute Gasteiger partial charge is 0.169 e. The number of benzene rings is 2. The number of aliphatic hydroxyl groups is 1. The minimum absolute atomic E-state index is 0.0591. The van der Waals surface area contributed by atoms with E-state index in [2.05, 4.69) is 32.9 Å². The van der Waals surface area contributed by atoms with E-state index in [1.165, 1.54) is 11.1 Å². The van der Waals surface area contributed by atoms with Crippen molar-refractivity contribution in [2.24, 2.45) is 0 Å². The normalized spacial score (nSPS) is 18.8. The van der Waals surface area contributed by atoms with Gasteiger partial charge in [-0.2, -0.15) is 0 Å². The second-order valence-corrected chi connectivity index (χ2v) is 9.11. The Balaban J connectivity index is 2.06. The average molecular weight is 425 g/mol. The van der Waals surface area contributed by atoms with E-state index in [1.807, 2.05) is 0 Å². The van der Waals surface area contributed by atoms with E-state index in [0.717, 1.165) is 12.8 Å². The zero-order valence-corrected chi connectivity index (χ0v) is 19.0. The van der Waals surface area contributed by atoms with Crippen LogP contribution in [0.15, 0.2) is 35.4 Å². The highest BCUT2D eigenvalue weighted by atomic mass is 16.5. The number of rotatable bonds is 6. The zero-order valence-electron chi connectivity index (χ0n) is 19.0. The highest BCUT2D eigenvalue weighted by Crippen LogP contribution is 2.46. The summed E-state index contributed by atoms with van der Waals surface area (Å²) in [5.74, 6) is -0.101. The monoisotopic (exact) mass is 424 g/mol. The van der Waals surface area contributed by atoms with E-state index in [0.29, 0.717) is 28.7 Å². The molecule has 0 saturated heterocycles. The molecule has 31 heavy (non-hydrogen) atoms. The van der Waals surface area contributed by atoms with Gasteiger partial charge in [0.05, 0.1) is 23.7 Å². The number of allylic oxidation sites excluding steroid dienone is 4. The molecular formula is C26H32O5. The molecule has 0 fully saturated rings. The first-order valence-corrected chi connectivity index (χ1v) is 10.7. The molecule has 0 amide bonds. The predicted octanol–water partition coefficient (Wildman–Crippen LogP) is 5.37. The highest BCUT2D eigenvalue weighted by Gasteiger charge is 2.36. The Morgan fingerprint density at radius 2 is 1.84 bits per heavy atom. The van der Waals surface area contributed by atoms with Crippen molar-refractivity contribution in [3.63, 3.8) is 0 Å². The zero-order chi connectivity index (χ0) is 22.9. The predicted molar refractivity (Wildman–Crippen MR) is 123 cm³/mol. The number of ketones is 1. The van der Waals surface area contributed by atoms with Crippen LogP contribution in [0.2, 0.25) is 0 Å². The van der Waals surface area contributed by atoms with Gasteiger partial charge in [-0.1, -0.05) is 23.3 Å². The average Bonchev–Trinajstić information content (AvgIpc) is 2.64. The molecule has 5 heteroatoms. The van der Waals surface area contributed by atoms with Crippen molar-refractivity contribution < 1.29 is 24.9 Å². The maximum absolute atomic E-state index is 12.6. The second-order valence-electron chi connectivity index (χ2n) is 9.11. The lowest BCUT2D eigenvalue weighted by Gasteiger charge is -2.30. The number of Topliss-reactive ketones (excluding diaryl/α,β-unsaturated/α-hetero) is 1. The number of hydrogen-bond acceptors (Lipinski definition) is 5. The fraction of sp³-hybridized carbons (Fsp3) is 0.423. The third-order valence-electron chi connectivity index (χ3n) is 5.88. The van der Waals surface area contributed by atoms with Gasteiger partial charge in [0.2, 0.25) is 0 Å². The lowest BCUT2D eigenvalue weighted by atomic mass is 9.79. The molecule has 2 aromatic rings. The van der Waals surface area contributed by atoms with Crippen molar-refractivity contribution in [3.8, 4) is 17.2 Å². The van der Waals surface area contributed by atoms with Crippen molar-refractivity contribution in [2.45, 2.75) is 65.4 Å². The molecule has 0 saturated carbocycles. The lowest BCUT2D eigenvalue weighted by Crippen LogP contribution is -2.35. The van der Waals surface area contributed by atoms with Crippen LogP contribution in [0.5, 0.6) is 17.2 Å². The van der Waals surface area contributed by atoms with Crippen LogP contribution in [-0.2, 0) is 12.8 Å². The number of carbonyl (C=O) groups excluding carboxylic acids is 1. The Labute approximate surface area is 183 Å². The van der Waals surface area contributed by atoms with Crippen molar-refractivity contribution in [3.05, 3.63) is 52.1 Å². The second kappa shape index (κ2) is 8.75. The van der Waals surface area contributed by atoms with Gasteiger partial charge < -0.3 is 20.1 Å². The number of methoxy groups -OCH3 is 1. The van der Waals surface area contributed by atoms with E-state index < -0.39 is 5.60 Å². The molecule has 3 rings (SSSR count). The van der Waals surface area contributed by atoms with Crippen molar-refractivity contribution in [2.75, 3.05) is 7.11 Å². The molecule has 0 aliphatic heterocycles. The molecular weight excluding hydrogens is 392 g/mol. The summed E-state index contributed by atoms with van der Waals surface area (Å²) in [6, 6.07) is 3.52. The van der Waals surface area contributed by atoms with Gasteiger partial charge in [-0.05, 0) is 70.0 Å². The Morgan fingerprint density at radius 3 is 2.48 bits per heavy atom. The Morgan fingerprint density at radius 1 is 1.13 bits per heavy atom. The van der Waals surface area contributed by atoms with E-state index in [-0.39, 0.29) is 41.1 Å². The summed E-state index contributed by atoms with van der Waals surface area (Å²) in [6.07, 6.45) is 6.79. The molecule has 1 aliphatic rings. The summed E-state index contributed by atoms with van der Waals surface area (Å²) in [6.45, 7) is 7.83. The fourth-order valence-electron chi connectivity index (χ4n) is 4.31. The first-order chi connectivity index (χ1) is 14.5. The summed E-state index contributed by atoms with van der Waals surface area (Å²) in [5.41, 5.74) is 2.68. The Hall–Kier alpha value is -2.79. The summed E-state index contributed by atoms with van der Waals surface area (Å²) < 4.78 is 5.53. The van der Waals surface area contributed by atoms with Gasteiger partial charge in [-0.25, -0.2) is 0 Å². The minimum atomic E-state index is -1.15. The quantitative estimate of drug-likeness (QED) is 0.542. The number of aromatic hydroxyl groups is 2. The van der Waals surface area contributed by atoms with Gasteiger partial charge in [-0.3, -0.25) is 4.79 Å². The molecule has 1 unspecified atom stereocenters. The SMILES string of the molecule is COc1cc2cc3c(c(O)c2c(O)c1CC=C(C)CCC=C(C)C)C(=O)CC(C)(O)C3. The van der Waals surface area contributed by atoms with E-state index in [9.17, 15) is 20.1 Å². The molecule has 0 spiro atoms. The molecule has 0 heterocycles. The standard InChI is InChI=1S/C26H32O5/c1-15(2)7-6-8-16(3)9-10-19-21(31-5)12-17-11-18-13-26(4,30)14-20(27)22(18)25(29)23(17)24(19)28/h7,9,11-12,28-30H,6,8,10,13-14H2,1-5H3. The summed E-state index contributed by atoms with van der Waals surface area (Å²) in [7, 11) is 1.54. The molecule has 0 aromatic heterocycles. The maximum Gasteiger partial charge on any atom is 0.169 e.